The van der Waals surface area contributed by atoms with Crippen molar-refractivity contribution in [2.24, 2.45) is 0 Å². The molecule has 0 fully saturated rings. The Balaban J connectivity index is 1.68. The predicted molar refractivity (Wildman–Crippen MR) is 82.6 cm³/mol. The molecule has 4 nitrogen and oxygen atoms in total. The van der Waals surface area contributed by atoms with E-state index in [4.69, 9.17) is 0 Å². The molecule has 108 valence electrons. The third kappa shape index (κ3) is 3.51. The fraction of sp³-hybridized carbons (Fsp3) is 0.294. The van der Waals surface area contributed by atoms with Gasteiger partial charge in [0, 0.05) is 52.0 Å². The van der Waals surface area contributed by atoms with Gasteiger partial charge in [0.15, 0.2) is 0 Å². The van der Waals surface area contributed by atoms with Crippen molar-refractivity contribution in [3.05, 3.63) is 73.0 Å². The Kier molecular flexibility index (Phi) is 3.78. The molecule has 2 aliphatic rings. The maximum atomic E-state index is 3.24. The number of rotatable bonds is 4. The molecule has 3 rings (SSSR count). The van der Waals surface area contributed by atoms with Crippen molar-refractivity contribution in [2.75, 3.05) is 14.1 Å². The standard InChI is InChI=1S/C17H20N4/c1-15-8-16(11-20-6-4-18(2)13-20)10-17(9-15)12-21-7-5-19(3)14-21/h4-10H,11-12H2,1-3H3. The van der Waals surface area contributed by atoms with Crippen molar-refractivity contribution in [3.8, 4) is 0 Å². The third-order valence-corrected chi connectivity index (χ3v) is 3.42. The number of hydrogen-bond donors (Lipinski definition) is 0. The lowest BCUT2D eigenvalue weighted by molar-refractivity contribution is 0.369. The molecule has 0 atom stereocenters. The first kappa shape index (κ1) is 13.9. The Labute approximate surface area is 127 Å². The van der Waals surface area contributed by atoms with Crippen molar-refractivity contribution in [2.45, 2.75) is 20.0 Å². The molecule has 0 aromatic heterocycles. The van der Waals surface area contributed by atoms with Crippen LogP contribution >= 0.6 is 0 Å². The maximum Gasteiger partial charge on any atom is 0.207 e. The largest absolute Gasteiger partial charge is 0.349 e. The van der Waals surface area contributed by atoms with E-state index >= 15 is 0 Å². The Morgan fingerprint density at radius 3 is 1.62 bits per heavy atom. The van der Waals surface area contributed by atoms with Crippen LogP contribution in [0.15, 0.2) is 43.0 Å². The van der Waals surface area contributed by atoms with E-state index < -0.39 is 0 Å². The smallest absolute Gasteiger partial charge is 0.207 e. The quantitative estimate of drug-likeness (QED) is 0.839. The van der Waals surface area contributed by atoms with Crippen LogP contribution in [0.4, 0.5) is 0 Å². The molecule has 1 aromatic rings. The molecule has 0 saturated carbocycles. The Morgan fingerprint density at radius 2 is 1.24 bits per heavy atom. The minimum atomic E-state index is 0.846. The van der Waals surface area contributed by atoms with Gasteiger partial charge in [0.2, 0.25) is 13.3 Å². The van der Waals surface area contributed by atoms with Gasteiger partial charge in [-0.05, 0) is 18.1 Å². The lowest BCUT2D eigenvalue weighted by Crippen LogP contribution is -2.17. The van der Waals surface area contributed by atoms with Crippen LogP contribution in [0, 0.1) is 20.3 Å². The zero-order chi connectivity index (χ0) is 14.8. The fourth-order valence-electron chi connectivity index (χ4n) is 2.60. The fourth-order valence-corrected chi connectivity index (χ4v) is 2.60. The average molecular weight is 280 g/mol. The molecule has 0 aliphatic carbocycles. The topological polar surface area (TPSA) is 13.0 Å². The second-order valence-corrected chi connectivity index (χ2v) is 5.60. The number of nitrogens with zero attached hydrogens (tertiary/aromatic N) is 4. The van der Waals surface area contributed by atoms with Gasteiger partial charge >= 0.3 is 0 Å². The number of hydrogen-bond acceptors (Lipinski definition) is 4. The zero-order valence-corrected chi connectivity index (χ0v) is 12.7. The predicted octanol–water partition coefficient (Wildman–Crippen LogP) is 2.42. The van der Waals surface area contributed by atoms with E-state index in [0.717, 1.165) is 13.1 Å². The SMILES string of the molecule is Cc1cc(CN2[C]N(C)C=C2)cc(CN2[C]N(C)C=C2)c1. The summed E-state index contributed by atoms with van der Waals surface area (Å²) >= 11 is 0. The van der Waals surface area contributed by atoms with E-state index in [2.05, 4.69) is 48.3 Å². The summed E-state index contributed by atoms with van der Waals surface area (Å²) < 4.78 is 0. The van der Waals surface area contributed by atoms with Crippen LogP contribution in [0.3, 0.4) is 0 Å². The molecule has 1 aromatic carbocycles. The summed E-state index contributed by atoms with van der Waals surface area (Å²) in [7, 11) is 3.97. The molecular weight excluding hydrogens is 260 g/mol. The van der Waals surface area contributed by atoms with Crippen LogP contribution in [-0.2, 0) is 13.1 Å². The molecule has 0 bridgehead atoms. The molecule has 0 unspecified atom stereocenters. The summed E-state index contributed by atoms with van der Waals surface area (Å²) in [5, 5.41) is 0. The second kappa shape index (κ2) is 5.72. The van der Waals surface area contributed by atoms with E-state index in [1.807, 2.05) is 48.7 Å². The van der Waals surface area contributed by atoms with E-state index in [-0.39, 0.29) is 0 Å². The van der Waals surface area contributed by atoms with Gasteiger partial charge in [-0.25, -0.2) is 0 Å². The molecule has 0 N–H and O–H groups in total. The van der Waals surface area contributed by atoms with Gasteiger partial charge in [0.05, 0.1) is 0 Å². The zero-order valence-electron chi connectivity index (χ0n) is 12.7. The highest BCUT2D eigenvalue weighted by atomic mass is 15.3. The van der Waals surface area contributed by atoms with Gasteiger partial charge in [-0.3, -0.25) is 0 Å². The van der Waals surface area contributed by atoms with Crippen LogP contribution < -0.4 is 0 Å². The minimum Gasteiger partial charge on any atom is -0.349 e. The summed E-state index contributed by atoms with van der Waals surface area (Å²) in [5.74, 6) is 0. The van der Waals surface area contributed by atoms with Crippen molar-refractivity contribution >= 4 is 0 Å². The van der Waals surface area contributed by atoms with E-state index in [9.17, 15) is 0 Å². The summed E-state index contributed by atoms with van der Waals surface area (Å²) in [4.78, 5) is 8.01. The summed E-state index contributed by atoms with van der Waals surface area (Å²) in [6, 6.07) is 6.72. The van der Waals surface area contributed by atoms with E-state index in [0.29, 0.717) is 0 Å². The Morgan fingerprint density at radius 1 is 0.762 bits per heavy atom. The van der Waals surface area contributed by atoms with Gasteiger partial charge in [0.25, 0.3) is 0 Å². The van der Waals surface area contributed by atoms with Gasteiger partial charge in [0.1, 0.15) is 0 Å². The summed E-state index contributed by atoms with van der Waals surface area (Å²) in [5.41, 5.74) is 3.89. The minimum absolute atomic E-state index is 0.846. The van der Waals surface area contributed by atoms with Crippen molar-refractivity contribution in [1.82, 2.24) is 19.6 Å². The maximum absolute atomic E-state index is 3.24. The van der Waals surface area contributed by atoms with Gasteiger partial charge < -0.3 is 19.6 Å². The van der Waals surface area contributed by atoms with Crippen LogP contribution in [0.25, 0.3) is 0 Å². The molecule has 21 heavy (non-hydrogen) atoms. The molecular formula is C17H20N4. The molecule has 4 heteroatoms. The first-order chi connectivity index (χ1) is 10.1. The van der Waals surface area contributed by atoms with Crippen molar-refractivity contribution < 1.29 is 0 Å². The first-order valence-electron chi connectivity index (χ1n) is 7.06. The first-order valence-corrected chi connectivity index (χ1v) is 7.06. The van der Waals surface area contributed by atoms with Gasteiger partial charge in [-0.15, -0.1) is 0 Å². The summed E-state index contributed by atoms with van der Waals surface area (Å²) in [6.45, 7) is 10.3. The average Bonchev–Trinajstić information content (AvgIpc) is 2.98. The highest BCUT2D eigenvalue weighted by molar-refractivity contribution is 5.30. The highest BCUT2D eigenvalue weighted by Crippen LogP contribution is 2.19. The van der Waals surface area contributed by atoms with E-state index in [1.165, 1.54) is 16.7 Å². The lowest BCUT2D eigenvalue weighted by Gasteiger charge is -2.19. The van der Waals surface area contributed by atoms with Crippen molar-refractivity contribution in [1.29, 1.82) is 0 Å². The molecule has 0 spiro atoms. The normalized spacial score (nSPS) is 17.5. The highest BCUT2D eigenvalue weighted by Gasteiger charge is 2.14. The molecule has 4 radical (unpaired) electrons. The van der Waals surface area contributed by atoms with Crippen LogP contribution in [0.2, 0.25) is 0 Å². The molecule has 0 saturated heterocycles. The monoisotopic (exact) mass is 280 g/mol. The summed E-state index contributed by atoms with van der Waals surface area (Å²) in [6.07, 6.45) is 8.10. The van der Waals surface area contributed by atoms with Crippen molar-refractivity contribution in [3.63, 3.8) is 0 Å². The molecule has 0 amide bonds. The Hall–Kier alpha value is -2.10. The second-order valence-electron chi connectivity index (χ2n) is 5.60. The molecule has 2 aliphatic heterocycles. The molecule has 2 heterocycles. The Bertz CT molecular complexity index is 518. The lowest BCUT2D eigenvalue weighted by atomic mass is 10.1. The van der Waals surface area contributed by atoms with E-state index in [1.54, 1.807) is 0 Å². The van der Waals surface area contributed by atoms with Gasteiger partial charge in [-0.1, -0.05) is 23.8 Å². The number of aryl methyl sites for hydroxylation is 1. The third-order valence-electron chi connectivity index (χ3n) is 3.42. The van der Waals surface area contributed by atoms with Crippen LogP contribution in [0.5, 0.6) is 0 Å². The van der Waals surface area contributed by atoms with Crippen LogP contribution in [-0.4, -0.2) is 33.7 Å². The van der Waals surface area contributed by atoms with Gasteiger partial charge in [-0.2, -0.15) is 0 Å². The van der Waals surface area contributed by atoms with Crippen LogP contribution in [0.1, 0.15) is 16.7 Å². The number of benzene rings is 1.